The second-order valence-electron chi connectivity index (χ2n) is 5.52. The first-order valence-electron chi connectivity index (χ1n) is 7.90. The van der Waals surface area contributed by atoms with E-state index in [0.717, 1.165) is 33.7 Å². The highest BCUT2D eigenvalue weighted by Gasteiger charge is 2.20. The van der Waals surface area contributed by atoms with E-state index in [0.29, 0.717) is 10.8 Å². The zero-order valence-corrected chi connectivity index (χ0v) is 15.5. The van der Waals surface area contributed by atoms with Gasteiger partial charge in [0.05, 0.1) is 12.8 Å². The van der Waals surface area contributed by atoms with Gasteiger partial charge in [-0.3, -0.25) is 0 Å². The molecule has 26 heavy (non-hydrogen) atoms. The lowest BCUT2D eigenvalue weighted by molar-refractivity contribution is 0.289. The van der Waals surface area contributed by atoms with Crippen molar-refractivity contribution in [2.24, 2.45) is 5.10 Å². The molecule has 8 heteroatoms. The predicted molar refractivity (Wildman–Crippen MR) is 101 cm³/mol. The van der Waals surface area contributed by atoms with Gasteiger partial charge in [-0.2, -0.15) is 9.78 Å². The fraction of sp³-hybridized carbons (Fsp3) is 0.167. The summed E-state index contributed by atoms with van der Waals surface area (Å²) in [6, 6.07) is 15.0. The maximum atomic E-state index is 5.96. The van der Waals surface area contributed by atoms with Crippen LogP contribution in [0.25, 0.3) is 0 Å². The molecule has 4 rings (SSSR count). The standard InChI is InChI=1S/C18H15ClN4O2S/c1-24-14-6-8-15(9-7-14)25-10-17-20-21-18-23(17)22-16(11-26-18)12-2-4-13(19)5-3-12/h2-9H,10-11H2,1H3. The third kappa shape index (κ3) is 3.54. The third-order valence-electron chi connectivity index (χ3n) is 3.84. The number of thioether (sulfide) groups is 1. The molecule has 0 saturated heterocycles. The Morgan fingerprint density at radius 1 is 1.04 bits per heavy atom. The van der Waals surface area contributed by atoms with Crippen molar-refractivity contribution in [3.8, 4) is 11.5 Å². The number of hydrogen-bond acceptors (Lipinski definition) is 6. The van der Waals surface area contributed by atoms with Gasteiger partial charge in [-0.05, 0) is 42.0 Å². The van der Waals surface area contributed by atoms with E-state index < -0.39 is 0 Å². The number of rotatable bonds is 5. The van der Waals surface area contributed by atoms with Crippen LogP contribution in [-0.4, -0.2) is 33.4 Å². The Kier molecular flexibility index (Phi) is 4.81. The highest BCUT2D eigenvalue weighted by molar-refractivity contribution is 7.99. The van der Waals surface area contributed by atoms with Gasteiger partial charge in [0, 0.05) is 10.8 Å². The fourth-order valence-corrected chi connectivity index (χ4v) is 3.45. The molecule has 1 aromatic heterocycles. The summed E-state index contributed by atoms with van der Waals surface area (Å²) in [5.74, 6) is 2.90. The molecule has 1 aliphatic heterocycles. The third-order valence-corrected chi connectivity index (χ3v) is 5.02. The SMILES string of the molecule is COc1ccc(OCc2nnc3n2N=C(c2ccc(Cl)cc2)CS3)cc1. The molecule has 0 saturated carbocycles. The zero-order valence-electron chi connectivity index (χ0n) is 13.9. The summed E-state index contributed by atoms with van der Waals surface area (Å²) in [4.78, 5) is 0. The van der Waals surface area contributed by atoms with Crippen molar-refractivity contribution in [2.45, 2.75) is 11.8 Å². The topological polar surface area (TPSA) is 61.5 Å². The van der Waals surface area contributed by atoms with Gasteiger partial charge >= 0.3 is 0 Å². The summed E-state index contributed by atoms with van der Waals surface area (Å²) in [6.07, 6.45) is 0. The Morgan fingerprint density at radius 2 is 1.77 bits per heavy atom. The van der Waals surface area contributed by atoms with Crippen LogP contribution in [0.1, 0.15) is 11.4 Å². The zero-order chi connectivity index (χ0) is 17.9. The Balaban J connectivity index is 1.53. The lowest BCUT2D eigenvalue weighted by Crippen LogP contribution is -2.15. The molecule has 0 bridgehead atoms. The van der Waals surface area contributed by atoms with Gasteiger partial charge in [0.15, 0.2) is 5.82 Å². The molecule has 0 aliphatic carbocycles. The summed E-state index contributed by atoms with van der Waals surface area (Å²) in [5.41, 5.74) is 1.98. The van der Waals surface area contributed by atoms with Crippen LogP contribution in [0.2, 0.25) is 5.02 Å². The molecule has 0 atom stereocenters. The first-order valence-corrected chi connectivity index (χ1v) is 9.27. The van der Waals surface area contributed by atoms with Crippen LogP contribution in [0.4, 0.5) is 0 Å². The number of methoxy groups -OCH3 is 1. The highest BCUT2D eigenvalue weighted by Crippen LogP contribution is 2.25. The normalized spacial score (nSPS) is 13.1. The van der Waals surface area contributed by atoms with Crippen LogP contribution < -0.4 is 9.47 Å². The smallest absolute Gasteiger partial charge is 0.212 e. The summed E-state index contributed by atoms with van der Waals surface area (Å²) < 4.78 is 12.7. The van der Waals surface area contributed by atoms with Crippen LogP contribution in [0.15, 0.2) is 58.8 Å². The van der Waals surface area contributed by atoms with Gasteiger partial charge in [-0.1, -0.05) is 35.5 Å². The van der Waals surface area contributed by atoms with Gasteiger partial charge in [0.25, 0.3) is 0 Å². The maximum Gasteiger partial charge on any atom is 0.212 e. The minimum absolute atomic E-state index is 0.275. The number of halogens is 1. The van der Waals surface area contributed by atoms with Crippen molar-refractivity contribution in [3.05, 3.63) is 64.9 Å². The molecule has 0 spiro atoms. The molecule has 3 aromatic rings. The number of fused-ring (bicyclic) bond motifs is 1. The van der Waals surface area contributed by atoms with Crippen LogP contribution in [0, 0.1) is 0 Å². The Morgan fingerprint density at radius 3 is 2.50 bits per heavy atom. The number of hydrogen-bond donors (Lipinski definition) is 0. The molecule has 2 heterocycles. The van der Waals surface area contributed by atoms with Crippen molar-refractivity contribution in [1.29, 1.82) is 0 Å². The highest BCUT2D eigenvalue weighted by atomic mass is 35.5. The van der Waals surface area contributed by atoms with E-state index in [1.807, 2.05) is 48.5 Å². The summed E-state index contributed by atoms with van der Waals surface area (Å²) in [5, 5.41) is 14.5. The van der Waals surface area contributed by atoms with Gasteiger partial charge < -0.3 is 9.47 Å². The second kappa shape index (κ2) is 7.39. The molecule has 0 unspecified atom stereocenters. The van der Waals surface area contributed by atoms with E-state index in [2.05, 4.69) is 15.3 Å². The minimum atomic E-state index is 0.275. The van der Waals surface area contributed by atoms with Crippen molar-refractivity contribution in [1.82, 2.24) is 14.9 Å². The molecular weight excluding hydrogens is 372 g/mol. The Bertz CT molecular complexity index is 939. The van der Waals surface area contributed by atoms with E-state index >= 15 is 0 Å². The molecule has 132 valence electrons. The lowest BCUT2D eigenvalue weighted by Gasteiger charge is -2.14. The Labute approximate surface area is 159 Å². The molecule has 6 nitrogen and oxygen atoms in total. The first kappa shape index (κ1) is 16.9. The molecular formula is C18H15ClN4O2S. The van der Waals surface area contributed by atoms with Gasteiger partial charge in [0.2, 0.25) is 5.16 Å². The van der Waals surface area contributed by atoms with Gasteiger partial charge in [0.1, 0.15) is 18.1 Å². The average Bonchev–Trinajstić information content (AvgIpc) is 3.09. The first-order chi connectivity index (χ1) is 12.7. The maximum absolute atomic E-state index is 5.96. The fourth-order valence-electron chi connectivity index (χ4n) is 2.46. The second-order valence-corrected chi connectivity index (χ2v) is 6.90. The number of nitrogens with zero attached hydrogens (tertiary/aromatic N) is 4. The Hall–Kier alpha value is -2.51. The van der Waals surface area contributed by atoms with Crippen molar-refractivity contribution >= 4 is 29.1 Å². The molecule has 2 aromatic carbocycles. The van der Waals surface area contributed by atoms with E-state index in [4.69, 9.17) is 21.1 Å². The summed E-state index contributed by atoms with van der Waals surface area (Å²) in [6.45, 7) is 0.275. The molecule has 1 aliphatic rings. The molecule has 0 fully saturated rings. The summed E-state index contributed by atoms with van der Waals surface area (Å²) >= 11 is 7.56. The number of aromatic nitrogens is 3. The van der Waals surface area contributed by atoms with Gasteiger partial charge in [-0.15, -0.1) is 10.2 Å². The minimum Gasteiger partial charge on any atom is -0.497 e. The van der Waals surface area contributed by atoms with Crippen molar-refractivity contribution in [3.63, 3.8) is 0 Å². The van der Waals surface area contributed by atoms with Crippen molar-refractivity contribution in [2.75, 3.05) is 12.9 Å². The lowest BCUT2D eigenvalue weighted by atomic mass is 10.1. The number of ether oxygens (including phenoxy) is 2. The summed E-state index contributed by atoms with van der Waals surface area (Å²) in [7, 11) is 1.63. The average molecular weight is 387 g/mol. The van der Waals surface area contributed by atoms with Crippen LogP contribution in [0.3, 0.4) is 0 Å². The largest absolute Gasteiger partial charge is 0.497 e. The van der Waals surface area contributed by atoms with Crippen LogP contribution in [0.5, 0.6) is 11.5 Å². The van der Waals surface area contributed by atoms with Crippen molar-refractivity contribution < 1.29 is 9.47 Å². The van der Waals surface area contributed by atoms with Crippen LogP contribution in [-0.2, 0) is 6.61 Å². The molecule has 0 N–H and O–H groups in total. The van der Waals surface area contributed by atoms with E-state index in [1.165, 1.54) is 0 Å². The molecule has 0 amide bonds. The van der Waals surface area contributed by atoms with E-state index in [1.54, 1.807) is 23.5 Å². The van der Waals surface area contributed by atoms with E-state index in [9.17, 15) is 0 Å². The van der Waals surface area contributed by atoms with Gasteiger partial charge in [-0.25, -0.2) is 0 Å². The molecule has 0 radical (unpaired) electrons. The monoisotopic (exact) mass is 386 g/mol. The van der Waals surface area contributed by atoms with Crippen LogP contribution >= 0.6 is 23.4 Å². The quantitative estimate of drug-likeness (QED) is 0.666. The van der Waals surface area contributed by atoms with E-state index in [-0.39, 0.29) is 6.61 Å². The predicted octanol–water partition coefficient (Wildman–Crippen LogP) is 3.88. The number of benzene rings is 2.